The van der Waals surface area contributed by atoms with Crippen LogP contribution in [-0.4, -0.2) is 35.4 Å². The summed E-state index contributed by atoms with van der Waals surface area (Å²) < 4.78 is 12.1. The van der Waals surface area contributed by atoms with Crippen LogP contribution in [0.2, 0.25) is 0 Å². The van der Waals surface area contributed by atoms with E-state index < -0.39 is 13.2 Å². The summed E-state index contributed by atoms with van der Waals surface area (Å²) in [5.74, 6) is -0.763. The van der Waals surface area contributed by atoms with E-state index in [0.29, 0.717) is 5.57 Å². The maximum absolute atomic E-state index is 13.1. The Labute approximate surface area is 217 Å². The van der Waals surface area contributed by atoms with Crippen molar-refractivity contribution in [3.05, 3.63) is 113 Å². The molecule has 0 aliphatic heterocycles. The summed E-state index contributed by atoms with van der Waals surface area (Å²) >= 11 is 0. The van der Waals surface area contributed by atoms with E-state index in [1.165, 1.54) is 12.1 Å². The van der Waals surface area contributed by atoms with Crippen LogP contribution < -0.4 is 10.6 Å². The first kappa shape index (κ1) is 27.8. The molecule has 0 bridgehead atoms. The van der Waals surface area contributed by atoms with Crippen LogP contribution in [0.15, 0.2) is 78.9 Å². The minimum Gasteiger partial charge on any atom is -0.426 e. The van der Waals surface area contributed by atoms with Gasteiger partial charge in [0.2, 0.25) is 5.91 Å². The van der Waals surface area contributed by atoms with Gasteiger partial charge in [0.25, 0.3) is 5.91 Å². The molecular weight excluding hydrogens is 470 g/mol. The van der Waals surface area contributed by atoms with Gasteiger partial charge in [-0.05, 0) is 61.1 Å². The van der Waals surface area contributed by atoms with Crippen LogP contribution in [0.4, 0.5) is 4.39 Å². The first-order valence-corrected chi connectivity index (χ1v) is 12.2. The van der Waals surface area contributed by atoms with E-state index in [-0.39, 0.29) is 30.5 Å². The molecule has 0 spiro atoms. The van der Waals surface area contributed by atoms with E-state index in [0.717, 1.165) is 40.7 Å². The molecular formula is C29H32BFN2O4. The Bertz CT molecular complexity index is 1220. The van der Waals surface area contributed by atoms with E-state index in [1.807, 2.05) is 68.5 Å². The largest absolute Gasteiger partial charge is 0.472 e. The number of carbonyl (C=O) groups is 2. The zero-order valence-electron chi connectivity index (χ0n) is 21.1. The van der Waals surface area contributed by atoms with Gasteiger partial charge in [-0.15, -0.1) is 0 Å². The van der Waals surface area contributed by atoms with Gasteiger partial charge in [0.15, 0.2) is 0 Å². The van der Waals surface area contributed by atoms with Crippen LogP contribution in [0.1, 0.15) is 46.7 Å². The topological polar surface area (TPSA) is 98.7 Å². The van der Waals surface area contributed by atoms with Gasteiger partial charge in [-0.2, -0.15) is 0 Å². The molecule has 4 N–H and O–H groups in total. The summed E-state index contributed by atoms with van der Waals surface area (Å²) in [4.78, 5) is 25.4. The van der Waals surface area contributed by atoms with Crippen molar-refractivity contribution in [1.29, 1.82) is 0 Å². The lowest BCUT2D eigenvalue weighted by Gasteiger charge is -2.23. The Kier molecular flexibility index (Phi) is 10.2. The smallest absolute Gasteiger partial charge is 0.426 e. The van der Waals surface area contributed by atoms with Crippen molar-refractivity contribution in [3.63, 3.8) is 0 Å². The van der Waals surface area contributed by atoms with Crippen LogP contribution >= 0.6 is 0 Å². The highest BCUT2D eigenvalue weighted by atomic mass is 19.1. The average molecular weight is 502 g/mol. The number of nitrogens with one attached hydrogen (secondary N) is 2. The third kappa shape index (κ3) is 8.41. The predicted molar refractivity (Wildman–Crippen MR) is 144 cm³/mol. The van der Waals surface area contributed by atoms with Crippen molar-refractivity contribution >= 4 is 24.5 Å². The van der Waals surface area contributed by atoms with Gasteiger partial charge in [0, 0.05) is 5.57 Å². The first-order valence-electron chi connectivity index (χ1n) is 12.2. The monoisotopic (exact) mass is 502 g/mol. The number of carbonyl (C=O) groups excluding carboxylic acids is 2. The van der Waals surface area contributed by atoms with Crippen molar-refractivity contribution in [3.8, 4) is 0 Å². The Morgan fingerprint density at radius 2 is 1.65 bits per heavy atom. The number of aryl methyl sites for hydroxylation is 3. The van der Waals surface area contributed by atoms with E-state index in [9.17, 15) is 14.0 Å². The van der Waals surface area contributed by atoms with Crippen molar-refractivity contribution in [1.82, 2.24) is 10.6 Å². The highest BCUT2D eigenvalue weighted by Gasteiger charge is 2.24. The molecule has 0 saturated heterocycles. The maximum Gasteiger partial charge on any atom is 0.472 e. The van der Waals surface area contributed by atoms with E-state index in [4.69, 9.17) is 10.0 Å². The molecule has 1 unspecified atom stereocenters. The van der Waals surface area contributed by atoms with Crippen molar-refractivity contribution in [2.45, 2.75) is 39.2 Å². The standard InChI is InChI=1S/C22H25BN2O4.C7H7F/c1-15-7-2-4-10-17(15)20(13-21(26)24-14-23(28)29)25-22(27)19-12-6-9-16-8-3-5-11-18(16)19;1-6-2-4-7(8)5-3-6/h2-5,7-8,10-12,20,28-29H,6,9,13-14H2,1H3,(H,24,26)(H,25,27);2-5H,1H3. The fourth-order valence-corrected chi connectivity index (χ4v) is 4.15. The van der Waals surface area contributed by atoms with Crippen molar-refractivity contribution in [2.75, 3.05) is 6.44 Å². The zero-order valence-corrected chi connectivity index (χ0v) is 21.1. The highest BCUT2D eigenvalue weighted by Crippen LogP contribution is 2.28. The minimum absolute atomic E-state index is 0.00175. The molecule has 0 saturated carbocycles. The second kappa shape index (κ2) is 13.5. The molecule has 3 aromatic rings. The molecule has 8 heteroatoms. The van der Waals surface area contributed by atoms with Crippen LogP contribution in [0, 0.1) is 19.7 Å². The fraction of sp³-hybridized carbons (Fsp3) is 0.241. The van der Waals surface area contributed by atoms with Gasteiger partial charge >= 0.3 is 7.12 Å². The molecule has 0 radical (unpaired) electrons. The number of hydrogen-bond acceptors (Lipinski definition) is 4. The Morgan fingerprint density at radius 1 is 0.973 bits per heavy atom. The van der Waals surface area contributed by atoms with E-state index in [2.05, 4.69) is 10.6 Å². The lowest BCUT2D eigenvalue weighted by molar-refractivity contribution is -0.122. The van der Waals surface area contributed by atoms with Crippen LogP contribution in [0.5, 0.6) is 0 Å². The number of allylic oxidation sites excluding steroid dienone is 1. The number of benzene rings is 3. The lowest BCUT2D eigenvalue weighted by Crippen LogP contribution is -2.38. The fourth-order valence-electron chi connectivity index (χ4n) is 4.15. The van der Waals surface area contributed by atoms with Gasteiger partial charge in [0.1, 0.15) is 5.82 Å². The second-order valence-electron chi connectivity index (χ2n) is 8.98. The number of fused-ring (bicyclic) bond motifs is 1. The molecule has 6 nitrogen and oxygen atoms in total. The Balaban J connectivity index is 0.000000405. The summed E-state index contributed by atoms with van der Waals surface area (Å²) in [6, 6.07) is 21.3. The summed E-state index contributed by atoms with van der Waals surface area (Å²) in [5.41, 5.74) is 5.59. The van der Waals surface area contributed by atoms with Crippen molar-refractivity contribution < 1.29 is 24.0 Å². The molecule has 0 fully saturated rings. The molecule has 0 heterocycles. The quantitative estimate of drug-likeness (QED) is 0.369. The third-order valence-corrected chi connectivity index (χ3v) is 6.07. The molecule has 2 amide bonds. The number of rotatable bonds is 7. The van der Waals surface area contributed by atoms with Crippen LogP contribution in [-0.2, 0) is 16.0 Å². The van der Waals surface area contributed by atoms with Crippen LogP contribution in [0.3, 0.4) is 0 Å². The molecule has 1 aliphatic carbocycles. The number of hydrogen-bond donors (Lipinski definition) is 4. The summed E-state index contributed by atoms with van der Waals surface area (Å²) in [7, 11) is -1.62. The molecule has 192 valence electrons. The normalized spacial score (nSPS) is 12.7. The number of halogens is 1. The second-order valence-corrected chi connectivity index (χ2v) is 8.98. The average Bonchev–Trinajstić information content (AvgIpc) is 2.89. The minimum atomic E-state index is -1.62. The van der Waals surface area contributed by atoms with Gasteiger partial charge in [0.05, 0.1) is 18.9 Å². The Morgan fingerprint density at radius 3 is 2.32 bits per heavy atom. The summed E-state index contributed by atoms with van der Waals surface area (Å²) in [5, 5.41) is 23.4. The van der Waals surface area contributed by atoms with Gasteiger partial charge in [-0.25, -0.2) is 4.39 Å². The Hall–Kier alpha value is -3.75. The van der Waals surface area contributed by atoms with E-state index >= 15 is 0 Å². The van der Waals surface area contributed by atoms with Gasteiger partial charge in [-0.3, -0.25) is 9.59 Å². The molecule has 1 atom stereocenters. The lowest BCUT2D eigenvalue weighted by atomic mass is 9.89. The zero-order chi connectivity index (χ0) is 26.8. The van der Waals surface area contributed by atoms with Gasteiger partial charge < -0.3 is 20.7 Å². The summed E-state index contributed by atoms with van der Waals surface area (Å²) in [6.45, 7) is 3.86. The highest BCUT2D eigenvalue weighted by molar-refractivity contribution is 6.41. The summed E-state index contributed by atoms with van der Waals surface area (Å²) in [6.07, 6.45) is 3.38. The molecule has 0 aromatic heterocycles. The molecule has 37 heavy (non-hydrogen) atoms. The number of amides is 2. The van der Waals surface area contributed by atoms with Crippen molar-refractivity contribution in [2.24, 2.45) is 0 Å². The van der Waals surface area contributed by atoms with Gasteiger partial charge in [-0.1, -0.05) is 72.3 Å². The van der Waals surface area contributed by atoms with Crippen LogP contribution in [0.25, 0.3) is 5.57 Å². The molecule has 4 rings (SSSR count). The van der Waals surface area contributed by atoms with E-state index in [1.54, 1.807) is 12.1 Å². The third-order valence-electron chi connectivity index (χ3n) is 6.07. The molecule has 1 aliphatic rings. The molecule has 3 aromatic carbocycles. The predicted octanol–water partition coefficient (Wildman–Crippen LogP) is 3.83. The SMILES string of the molecule is Cc1ccc(F)cc1.Cc1ccccc1C(CC(=O)NCB(O)O)NC(=O)C1=CCCc2ccccc21. The maximum atomic E-state index is 13.1. The first-order chi connectivity index (χ1) is 17.7.